The number of hydrogen-bond donors (Lipinski definition) is 2. The fourth-order valence-electron chi connectivity index (χ4n) is 2.11. The fourth-order valence-corrected chi connectivity index (χ4v) is 2.38. The summed E-state index contributed by atoms with van der Waals surface area (Å²) in [7, 11) is 0. The Balaban J connectivity index is 1.68. The third-order valence-corrected chi connectivity index (χ3v) is 3.87. The van der Waals surface area contributed by atoms with Crippen molar-refractivity contribution in [2.75, 3.05) is 5.32 Å². The van der Waals surface area contributed by atoms with Gasteiger partial charge in [-0.25, -0.2) is 4.79 Å². The molecule has 25 heavy (non-hydrogen) atoms. The van der Waals surface area contributed by atoms with Crippen LogP contribution in [-0.2, 0) is 4.79 Å². The lowest BCUT2D eigenvalue weighted by Crippen LogP contribution is -2.30. The first-order valence-corrected chi connectivity index (χ1v) is 8.20. The normalized spacial score (nSPS) is 11.8. The van der Waals surface area contributed by atoms with Crippen LogP contribution in [-0.4, -0.2) is 22.2 Å². The number of carbonyl (C=O) groups excluding carboxylic acids is 1. The minimum absolute atomic E-state index is 0.292. The number of nitrogens with zero attached hydrogens (tertiary/aromatic N) is 1. The van der Waals surface area contributed by atoms with Gasteiger partial charge in [-0.3, -0.25) is 14.3 Å². The van der Waals surface area contributed by atoms with Gasteiger partial charge in [0.15, 0.2) is 11.9 Å². The predicted molar refractivity (Wildman–Crippen MR) is 95.4 cm³/mol. The molecule has 1 atom stereocenters. The van der Waals surface area contributed by atoms with Gasteiger partial charge in [0.1, 0.15) is 5.75 Å². The van der Waals surface area contributed by atoms with E-state index in [-0.39, 0.29) is 5.91 Å². The molecule has 0 saturated carbocycles. The number of aromatic nitrogens is 2. The molecule has 1 unspecified atom stereocenters. The Labute approximate surface area is 151 Å². The van der Waals surface area contributed by atoms with Crippen molar-refractivity contribution < 1.29 is 14.1 Å². The van der Waals surface area contributed by atoms with Crippen molar-refractivity contribution in [1.29, 1.82) is 0 Å². The molecule has 7 nitrogen and oxygen atoms in total. The summed E-state index contributed by atoms with van der Waals surface area (Å²) in [4.78, 5) is 25.8. The van der Waals surface area contributed by atoms with E-state index < -0.39 is 11.9 Å². The molecular formula is C17H14BrN3O4. The first-order valence-electron chi connectivity index (χ1n) is 7.41. The number of aromatic amines is 1. The summed E-state index contributed by atoms with van der Waals surface area (Å²) in [6.45, 7) is 1.66. The van der Waals surface area contributed by atoms with E-state index in [0.29, 0.717) is 22.8 Å². The van der Waals surface area contributed by atoms with Crippen molar-refractivity contribution in [1.82, 2.24) is 10.1 Å². The highest BCUT2D eigenvalue weighted by Gasteiger charge is 2.15. The van der Waals surface area contributed by atoms with Crippen LogP contribution in [0.2, 0.25) is 0 Å². The van der Waals surface area contributed by atoms with E-state index in [1.54, 1.807) is 43.3 Å². The predicted octanol–water partition coefficient (Wildman–Crippen LogP) is 3.20. The van der Waals surface area contributed by atoms with Gasteiger partial charge in [0, 0.05) is 15.7 Å². The third kappa shape index (κ3) is 4.36. The van der Waals surface area contributed by atoms with Gasteiger partial charge >= 0.3 is 5.76 Å². The lowest BCUT2D eigenvalue weighted by atomic mass is 10.2. The number of carbonyl (C=O) groups is 1. The zero-order valence-corrected chi connectivity index (χ0v) is 14.7. The summed E-state index contributed by atoms with van der Waals surface area (Å²) in [5.74, 6) is -0.0466. The zero-order valence-electron chi connectivity index (χ0n) is 13.2. The molecule has 0 saturated heterocycles. The standard InChI is InChI=1S/C17H14BrN3O4/c1-10(24-14-7-5-12(18)6-8-14)16(22)19-13-4-2-3-11(9-13)15-20-17(23)25-21-15/h2-10H,1H3,(H,19,22)(H,20,21,23). The number of amides is 1. The Kier molecular flexibility index (Phi) is 4.99. The summed E-state index contributed by atoms with van der Waals surface area (Å²) < 4.78 is 11.0. The number of halogens is 1. The molecule has 0 bridgehead atoms. The Morgan fingerprint density at radius 3 is 2.72 bits per heavy atom. The second kappa shape index (κ2) is 7.35. The highest BCUT2D eigenvalue weighted by molar-refractivity contribution is 9.10. The van der Waals surface area contributed by atoms with Crippen LogP contribution in [0.3, 0.4) is 0 Å². The van der Waals surface area contributed by atoms with Crippen LogP contribution < -0.4 is 15.8 Å². The van der Waals surface area contributed by atoms with Crippen molar-refractivity contribution in [2.24, 2.45) is 0 Å². The first-order chi connectivity index (χ1) is 12.0. The minimum Gasteiger partial charge on any atom is -0.481 e. The van der Waals surface area contributed by atoms with E-state index in [0.717, 1.165) is 4.47 Å². The molecule has 8 heteroatoms. The second-order valence-corrected chi connectivity index (χ2v) is 6.14. The Hall–Kier alpha value is -2.87. The van der Waals surface area contributed by atoms with Crippen LogP contribution in [0.15, 0.2) is 62.3 Å². The van der Waals surface area contributed by atoms with Gasteiger partial charge in [-0.1, -0.05) is 33.2 Å². The average Bonchev–Trinajstić information content (AvgIpc) is 3.03. The SMILES string of the molecule is CC(Oc1ccc(Br)cc1)C(=O)Nc1cccc(-c2noc(=O)[nH]2)c1. The summed E-state index contributed by atoms with van der Waals surface area (Å²) in [5.41, 5.74) is 1.17. The molecule has 0 spiro atoms. The van der Waals surface area contributed by atoms with Gasteiger partial charge in [-0.15, -0.1) is 0 Å². The van der Waals surface area contributed by atoms with Gasteiger partial charge in [0.25, 0.3) is 5.91 Å². The van der Waals surface area contributed by atoms with E-state index >= 15 is 0 Å². The van der Waals surface area contributed by atoms with Gasteiger partial charge in [0.05, 0.1) is 0 Å². The molecular weight excluding hydrogens is 390 g/mol. The molecule has 2 N–H and O–H groups in total. The topological polar surface area (TPSA) is 97.2 Å². The molecule has 0 aliphatic rings. The van der Waals surface area contributed by atoms with Crippen molar-refractivity contribution in [3.63, 3.8) is 0 Å². The maximum Gasteiger partial charge on any atom is 0.439 e. The van der Waals surface area contributed by atoms with Crippen molar-refractivity contribution in [3.05, 3.63) is 63.6 Å². The number of rotatable bonds is 5. The zero-order chi connectivity index (χ0) is 17.8. The Morgan fingerprint density at radius 2 is 2.04 bits per heavy atom. The van der Waals surface area contributed by atoms with Gasteiger partial charge in [0.2, 0.25) is 0 Å². The molecule has 0 aliphatic heterocycles. The van der Waals surface area contributed by atoms with Crippen molar-refractivity contribution in [2.45, 2.75) is 13.0 Å². The number of anilines is 1. The first kappa shape index (κ1) is 17.0. The highest BCUT2D eigenvalue weighted by Crippen LogP contribution is 2.20. The van der Waals surface area contributed by atoms with E-state index in [1.807, 2.05) is 12.1 Å². The lowest BCUT2D eigenvalue weighted by Gasteiger charge is -2.15. The maximum absolute atomic E-state index is 12.3. The lowest BCUT2D eigenvalue weighted by molar-refractivity contribution is -0.122. The van der Waals surface area contributed by atoms with Crippen LogP contribution in [0.1, 0.15) is 6.92 Å². The smallest absolute Gasteiger partial charge is 0.439 e. The molecule has 128 valence electrons. The Bertz CT molecular complexity index is 933. The monoisotopic (exact) mass is 403 g/mol. The van der Waals surface area contributed by atoms with Crippen LogP contribution in [0, 0.1) is 0 Å². The molecule has 1 amide bonds. The van der Waals surface area contributed by atoms with Crippen LogP contribution in [0.25, 0.3) is 11.4 Å². The van der Waals surface area contributed by atoms with E-state index in [2.05, 4.69) is 35.9 Å². The number of H-pyrrole nitrogens is 1. The number of hydrogen-bond acceptors (Lipinski definition) is 5. The molecule has 1 heterocycles. The van der Waals surface area contributed by atoms with Crippen LogP contribution >= 0.6 is 15.9 Å². The number of benzene rings is 2. The third-order valence-electron chi connectivity index (χ3n) is 3.34. The molecule has 0 aliphatic carbocycles. The molecule has 3 rings (SSSR count). The summed E-state index contributed by atoms with van der Waals surface area (Å²) in [6.07, 6.45) is -0.684. The molecule has 0 radical (unpaired) electrons. The van der Waals surface area contributed by atoms with Crippen molar-refractivity contribution >= 4 is 27.5 Å². The highest BCUT2D eigenvalue weighted by atomic mass is 79.9. The largest absolute Gasteiger partial charge is 0.481 e. The van der Waals surface area contributed by atoms with Gasteiger partial charge in [-0.2, -0.15) is 0 Å². The number of ether oxygens (including phenoxy) is 1. The summed E-state index contributed by atoms with van der Waals surface area (Å²) >= 11 is 3.34. The van der Waals surface area contributed by atoms with Gasteiger partial charge in [-0.05, 0) is 43.3 Å². The van der Waals surface area contributed by atoms with Crippen LogP contribution in [0.5, 0.6) is 5.75 Å². The molecule has 0 fully saturated rings. The molecule has 3 aromatic rings. The summed E-state index contributed by atoms with van der Waals surface area (Å²) in [5, 5.41) is 6.39. The van der Waals surface area contributed by atoms with Gasteiger partial charge < -0.3 is 10.1 Å². The second-order valence-electron chi connectivity index (χ2n) is 5.23. The van der Waals surface area contributed by atoms with Crippen molar-refractivity contribution in [3.8, 4) is 17.1 Å². The fraction of sp³-hybridized carbons (Fsp3) is 0.118. The van der Waals surface area contributed by atoms with E-state index in [1.165, 1.54) is 0 Å². The Morgan fingerprint density at radius 1 is 1.28 bits per heavy atom. The molecule has 1 aromatic heterocycles. The molecule has 2 aromatic carbocycles. The van der Waals surface area contributed by atoms with E-state index in [4.69, 9.17) is 4.74 Å². The summed E-state index contributed by atoms with van der Waals surface area (Å²) in [6, 6.07) is 14.1. The average molecular weight is 404 g/mol. The van der Waals surface area contributed by atoms with E-state index in [9.17, 15) is 9.59 Å². The minimum atomic E-state index is -0.684. The maximum atomic E-state index is 12.3. The quantitative estimate of drug-likeness (QED) is 0.681. The number of nitrogens with one attached hydrogen (secondary N) is 2. The van der Waals surface area contributed by atoms with Crippen LogP contribution in [0.4, 0.5) is 5.69 Å².